The number of rotatable bonds is 2. The Kier molecular flexibility index (Phi) is 3.50. The number of pyridine rings is 1. The summed E-state index contributed by atoms with van der Waals surface area (Å²) >= 11 is 1.67. The van der Waals surface area contributed by atoms with Crippen LogP contribution >= 0.6 is 11.3 Å². The SMILES string of the molecule is Cc1sc(-c2ccccn2)nc1-c1ccc2c(c1)NCC(C)O2. The van der Waals surface area contributed by atoms with Crippen LogP contribution in [0.2, 0.25) is 0 Å². The van der Waals surface area contributed by atoms with Gasteiger partial charge in [-0.05, 0) is 44.2 Å². The van der Waals surface area contributed by atoms with Crippen molar-refractivity contribution in [1.29, 1.82) is 0 Å². The van der Waals surface area contributed by atoms with Crippen LogP contribution in [0.4, 0.5) is 5.69 Å². The molecule has 0 spiro atoms. The van der Waals surface area contributed by atoms with Gasteiger partial charge in [-0.3, -0.25) is 4.98 Å². The van der Waals surface area contributed by atoms with E-state index in [1.54, 1.807) is 17.5 Å². The second-order valence-corrected chi connectivity index (χ2v) is 6.86. The molecule has 23 heavy (non-hydrogen) atoms. The number of nitrogens with zero attached hydrogens (tertiary/aromatic N) is 2. The van der Waals surface area contributed by atoms with Crippen LogP contribution in [0.3, 0.4) is 0 Å². The first kappa shape index (κ1) is 14.2. The van der Waals surface area contributed by atoms with Gasteiger partial charge in [0.1, 0.15) is 16.9 Å². The summed E-state index contributed by atoms with van der Waals surface area (Å²) in [5.74, 6) is 0.908. The summed E-state index contributed by atoms with van der Waals surface area (Å²) in [7, 11) is 0. The van der Waals surface area contributed by atoms with Gasteiger partial charge in [-0.25, -0.2) is 4.98 Å². The van der Waals surface area contributed by atoms with Gasteiger partial charge < -0.3 is 10.1 Å². The van der Waals surface area contributed by atoms with Gasteiger partial charge in [-0.15, -0.1) is 11.3 Å². The largest absolute Gasteiger partial charge is 0.487 e. The number of hydrogen-bond donors (Lipinski definition) is 1. The third-order valence-corrected chi connectivity index (χ3v) is 4.84. The van der Waals surface area contributed by atoms with Crippen molar-refractivity contribution < 1.29 is 4.74 Å². The van der Waals surface area contributed by atoms with E-state index in [0.717, 1.165) is 39.9 Å². The van der Waals surface area contributed by atoms with Crippen LogP contribution in [0.1, 0.15) is 11.8 Å². The van der Waals surface area contributed by atoms with Gasteiger partial charge >= 0.3 is 0 Å². The van der Waals surface area contributed by atoms with Crippen LogP contribution in [0.15, 0.2) is 42.6 Å². The zero-order chi connectivity index (χ0) is 15.8. The third-order valence-electron chi connectivity index (χ3n) is 3.84. The van der Waals surface area contributed by atoms with E-state index >= 15 is 0 Å². The average molecular weight is 323 g/mol. The number of aromatic nitrogens is 2. The number of aryl methyl sites for hydroxylation is 1. The molecular weight excluding hydrogens is 306 g/mol. The maximum absolute atomic E-state index is 5.84. The molecule has 1 aliphatic rings. The van der Waals surface area contributed by atoms with Crippen molar-refractivity contribution in [2.45, 2.75) is 20.0 Å². The molecule has 1 aromatic carbocycles. The van der Waals surface area contributed by atoms with E-state index in [4.69, 9.17) is 9.72 Å². The van der Waals surface area contributed by atoms with Crippen LogP contribution in [0.25, 0.3) is 22.0 Å². The normalized spacial score (nSPS) is 16.3. The first-order valence-corrected chi connectivity index (χ1v) is 8.46. The van der Waals surface area contributed by atoms with E-state index in [-0.39, 0.29) is 6.10 Å². The van der Waals surface area contributed by atoms with Crippen LogP contribution < -0.4 is 10.1 Å². The summed E-state index contributed by atoms with van der Waals surface area (Å²) in [4.78, 5) is 10.4. The Morgan fingerprint density at radius 1 is 1.26 bits per heavy atom. The number of hydrogen-bond acceptors (Lipinski definition) is 5. The smallest absolute Gasteiger partial charge is 0.142 e. The fourth-order valence-corrected chi connectivity index (χ4v) is 3.61. The van der Waals surface area contributed by atoms with E-state index in [1.807, 2.05) is 24.3 Å². The van der Waals surface area contributed by atoms with E-state index in [9.17, 15) is 0 Å². The molecule has 1 aliphatic heterocycles. The highest BCUT2D eigenvalue weighted by Crippen LogP contribution is 2.37. The van der Waals surface area contributed by atoms with Crippen molar-refractivity contribution in [2.75, 3.05) is 11.9 Å². The Morgan fingerprint density at radius 3 is 3.00 bits per heavy atom. The van der Waals surface area contributed by atoms with Gasteiger partial charge in [0, 0.05) is 16.6 Å². The topological polar surface area (TPSA) is 47.0 Å². The highest BCUT2D eigenvalue weighted by Gasteiger charge is 2.18. The second kappa shape index (κ2) is 5.66. The average Bonchev–Trinajstić information content (AvgIpc) is 2.97. The molecule has 5 heteroatoms. The predicted octanol–water partition coefficient (Wildman–Crippen LogP) is 4.37. The number of thiazole rings is 1. The highest BCUT2D eigenvalue weighted by molar-refractivity contribution is 7.15. The lowest BCUT2D eigenvalue weighted by Crippen LogP contribution is -2.27. The molecule has 116 valence electrons. The Hall–Kier alpha value is -2.40. The highest BCUT2D eigenvalue weighted by atomic mass is 32.1. The lowest BCUT2D eigenvalue weighted by molar-refractivity contribution is 0.226. The van der Waals surface area contributed by atoms with Crippen molar-refractivity contribution in [3.05, 3.63) is 47.5 Å². The van der Waals surface area contributed by atoms with Crippen molar-refractivity contribution >= 4 is 17.0 Å². The number of anilines is 1. The van der Waals surface area contributed by atoms with E-state index in [2.05, 4.69) is 36.3 Å². The fraction of sp³-hybridized carbons (Fsp3) is 0.222. The molecule has 4 nitrogen and oxygen atoms in total. The number of ether oxygens (including phenoxy) is 1. The summed E-state index contributed by atoms with van der Waals surface area (Å²) in [5.41, 5.74) is 4.07. The predicted molar refractivity (Wildman–Crippen MR) is 94.1 cm³/mol. The summed E-state index contributed by atoms with van der Waals surface area (Å²) in [6.07, 6.45) is 2.00. The Balaban J connectivity index is 1.73. The summed E-state index contributed by atoms with van der Waals surface area (Å²) in [5, 5.41) is 4.37. The van der Waals surface area contributed by atoms with Gasteiger partial charge in [0.15, 0.2) is 0 Å². The van der Waals surface area contributed by atoms with Gasteiger partial charge in [0.2, 0.25) is 0 Å². The zero-order valence-electron chi connectivity index (χ0n) is 13.0. The molecule has 1 atom stereocenters. The molecule has 0 fully saturated rings. The number of fused-ring (bicyclic) bond motifs is 1. The van der Waals surface area contributed by atoms with Crippen molar-refractivity contribution in [2.24, 2.45) is 0 Å². The van der Waals surface area contributed by atoms with Gasteiger partial charge in [-0.2, -0.15) is 0 Å². The molecule has 0 bridgehead atoms. The molecule has 0 radical (unpaired) electrons. The molecule has 0 saturated carbocycles. The van der Waals surface area contributed by atoms with Crippen LogP contribution in [0, 0.1) is 6.92 Å². The lowest BCUT2D eigenvalue weighted by atomic mass is 10.1. The Bertz CT molecular complexity index is 845. The molecule has 0 saturated heterocycles. The molecule has 1 unspecified atom stereocenters. The standard InChI is InChI=1S/C18H17N3OS/c1-11-10-20-15-9-13(6-7-16(15)22-11)17-12(2)23-18(21-17)14-5-3-4-8-19-14/h3-9,11,20H,10H2,1-2H3. The lowest BCUT2D eigenvalue weighted by Gasteiger charge is -2.25. The van der Waals surface area contributed by atoms with Gasteiger partial charge in [-0.1, -0.05) is 6.07 Å². The number of benzene rings is 1. The Labute approximate surface area is 139 Å². The molecule has 0 amide bonds. The summed E-state index contributed by atoms with van der Waals surface area (Å²) in [6.45, 7) is 4.99. The van der Waals surface area contributed by atoms with Crippen LogP contribution in [-0.4, -0.2) is 22.6 Å². The minimum absolute atomic E-state index is 0.199. The molecule has 0 aliphatic carbocycles. The minimum atomic E-state index is 0.199. The third kappa shape index (κ3) is 2.68. The minimum Gasteiger partial charge on any atom is -0.487 e. The van der Waals surface area contributed by atoms with Gasteiger partial charge in [0.05, 0.1) is 23.6 Å². The quantitative estimate of drug-likeness (QED) is 0.760. The Morgan fingerprint density at radius 2 is 2.17 bits per heavy atom. The van der Waals surface area contributed by atoms with Crippen LogP contribution in [-0.2, 0) is 0 Å². The zero-order valence-corrected chi connectivity index (χ0v) is 13.9. The fourth-order valence-electron chi connectivity index (χ4n) is 2.69. The summed E-state index contributed by atoms with van der Waals surface area (Å²) in [6, 6.07) is 12.1. The van der Waals surface area contributed by atoms with Crippen molar-refractivity contribution in [1.82, 2.24) is 9.97 Å². The van der Waals surface area contributed by atoms with E-state index in [0.29, 0.717) is 0 Å². The molecule has 3 heterocycles. The van der Waals surface area contributed by atoms with Crippen molar-refractivity contribution in [3.8, 4) is 27.7 Å². The number of nitrogens with one attached hydrogen (secondary N) is 1. The first-order chi connectivity index (χ1) is 11.2. The molecule has 3 aromatic rings. The molecular formula is C18H17N3OS. The van der Waals surface area contributed by atoms with E-state index in [1.165, 1.54) is 4.88 Å². The molecule has 2 aromatic heterocycles. The van der Waals surface area contributed by atoms with Crippen molar-refractivity contribution in [3.63, 3.8) is 0 Å². The van der Waals surface area contributed by atoms with Crippen LogP contribution in [0.5, 0.6) is 5.75 Å². The maximum Gasteiger partial charge on any atom is 0.142 e. The monoisotopic (exact) mass is 323 g/mol. The van der Waals surface area contributed by atoms with Gasteiger partial charge in [0.25, 0.3) is 0 Å². The summed E-state index contributed by atoms with van der Waals surface area (Å²) < 4.78 is 5.84. The molecule has 4 rings (SSSR count). The molecule has 1 N–H and O–H groups in total. The second-order valence-electron chi connectivity index (χ2n) is 5.66. The first-order valence-electron chi connectivity index (χ1n) is 7.64. The maximum atomic E-state index is 5.84. The van der Waals surface area contributed by atoms with E-state index < -0.39 is 0 Å².